The monoisotopic (exact) mass is 701 g/mol. The van der Waals surface area contributed by atoms with Gasteiger partial charge in [-0.3, -0.25) is 14.5 Å². The number of fused-ring (bicyclic) bond motifs is 1. The average molecular weight is 702 g/mol. The van der Waals surface area contributed by atoms with E-state index in [1.165, 1.54) is 40.3 Å². The zero-order chi connectivity index (χ0) is 35.1. The molecule has 2 amide bonds. The fourth-order valence-corrected chi connectivity index (χ4v) is 6.86. The fourth-order valence-electron chi connectivity index (χ4n) is 4.97. The van der Waals surface area contributed by atoms with Gasteiger partial charge in [0.15, 0.2) is 16.9 Å². The van der Waals surface area contributed by atoms with Crippen molar-refractivity contribution in [1.29, 1.82) is 0 Å². The first kappa shape index (κ1) is 35.1. The zero-order valence-corrected chi connectivity index (χ0v) is 28.7. The van der Waals surface area contributed by atoms with Gasteiger partial charge in [-0.1, -0.05) is 78.5 Å². The number of allylic oxidation sites excluding steroid dienone is 1. The summed E-state index contributed by atoms with van der Waals surface area (Å²) >= 11 is 2.47. The molecule has 49 heavy (non-hydrogen) atoms. The molecule has 0 aliphatic carbocycles. The SMILES string of the molecule is C=CC1=C(C(=O)OC(c2ccccc2)c2ccccc2)N2C(=O)C(NC(=O)C(=NOC/C=C/C(=O)OC(C)(C)C)c3csc(N)n3)[C@@H]2SC1. The predicted molar refractivity (Wildman–Crippen MR) is 187 cm³/mol. The van der Waals surface area contributed by atoms with Crippen LogP contribution in [0.1, 0.15) is 43.7 Å². The number of hydrogen-bond acceptors (Lipinski definition) is 12. The number of esters is 2. The van der Waals surface area contributed by atoms with Crippen LogP contribution in [0.3, 0.4) is 0 Å². The maximum absolute atomic E-state index is 13.9. The Hall–Kier alpha value is -5.21. The predicted octanol–water partition coefficient (Wildman–Crippen LogP) is 4.52. The van der Waals surface area contributed by atoms with Gasteiger partial charge < -0.3 is 25.4 Å². The van der Waals surface area contributed by atoms with Crippen LogP contribution in [-0.2, 0) is 33.5 Å². The second kappa shape index (κ2) is 15.3. The van der Waals surface area contributed by atoms with E-state index in [2.05, 4.69) is 22.0 Å². The molecule has 5 rings (SSSR count). The number of nitrogens with one attached hydrogen (secondary N) is 1. The molecule has 254 valence electrons. The quantitative estimate of drug-likeness (QED) is 0.0686. The zero-order valence-electron chi connectivity index (χ0n) is 27.0. The first-order chi connectivity index (χ1) is 23.5. The van der Waals surface area contributed by atoms with E-state index in [-0.39, 0.29) is 28.8 Å². The van der Waals surface area contributed by atoms with Gasteiger partial charge in [-0.15, -0.1) is 23.1 Å². The van der Waals surface area contributed by atoms with Gasteiger partial charge in [0, 0.05) is 17.2 Å². The maximum atomic E-state index is 13.9. The number of aromatic nitrogens is 1. The number of benzene rings is 2. The molecule has 2 aliphatic heterocycles. The number of β-lactam (4-membered cyclic amide) rings is 1. The Kier molecular flexibility index (Phi) is 11.0. The standard InChI is InChI=1S/C35H35N5O7S2/c1-5-21-19-48-32-27(38-30(42)26(24-20-49-34(36)37-24)39-45-18-12-17-25(41)47-35(2,3)4)31(43)40(32)28(21)33(44)46-29(22-13-8-6-9-14-22)23-15-10-7-11-16-23/h5-17,20,27,29,32H,1,18-19H2,2-4H3,(H2,36,37)(H,38,42)/b17-12+,39-26?/t27?,32-/m0/s1. The second-order valence-corrected chi connectivity index (χ2v) is 13.8. The van der Waals surface area contributed by atoms with Gasteiger partial charge in [0.05, 0.1) is 0 Å². The van der Waals surface area contributed by atoms with Crippen molar-refractivity contribution in [3.63, 3.8) is 0 Å². The van der Waals surface area contributed by atoms with E-state index in [4.69, 9.17) is 20.0 Å². The molecule has 12 nitrogen and oxygen atoms in total. The minimum Gasteiger partial charge on any atom is -0.457 e. The molecule has 1 aromatic heterocycles. The lowest BCUT2D eigenvalue weighted by molar-refractivity contribution is -0.154. The smallest absolute Gasteiger partial charge is 0.356 e. The first-order valence-corrected chi connectivity index (χ1v) is 17.1. The third kappa shape index (κ3) is 8.45. The lowest BCUT2D eigenvalue weighted by Crippen LogP contribution is -2.71. The summed E-state index contributed by atoms with van der Waals surface area (Å²) in [6, 6.07) is 17.6. The number of nitrogens with zero attached hydrogens (tertiary/aromatic N) is 3. The van der Waals surface area contributed by atoms with E-state index in [0.717, 1.165) is 22.5 Å². The third-order valence-electron chi connectivity index (χ3n) is 7.12. The van der Waals surface area contributed by atoms with Crippen molar-refractivity contribution >= 4 is 57.7 Å². The fraction of sp³-hybridized carbons (Fsp3) is 0.257. The van der Waals surface area contributed by atoms with Gasteiger partial charge >= 0.3 is 11.9 Å². The van der Waals surface area contributed by atoms with Crippen LogP contribution in [0.15, 0.2) is 107 Å². The van der Waals surface area contributed by atoms with Crippen LogP contribution < -0.4 is 11.1 Å². The Balaban J connectivity index is 1.31. The molecule has 2 aromatic carbocycles. The molecule has 3 N–H and O–H groups in total. The lowest BCUT2D eigenvalue weighted by atomic mass is 10.0. The van der Waals surface area contributed by atoms with Crippen LogP contribution in [0.5, 0.6) is 0 Å². The molecule has 0 spiro atoms. The van der Waals surface area contributed by atoms with Crippen molar-refractivity contribution < 1.29 is 33.5 Å². The molecule has 0 radical (unpaired) electrons. The van der Waals surface area contributed by atoms with E-state index in [0.29, 0.717) is 11.3 Å². The van der Waals surface area contributed by atoms with Gasteiger partial charge in [0.2, 0.25) is 0 Å². The normalized spacial score (nSPS) is 17.8. The summed E-state index contributed by atoms with van der Waals surface area (Å²) in [7, 11) is 0. The van der Waals surface area contributed by atoms with Gasteiger partial charge in [-0.2, -0.15) is 0 Å². The average Bonchev–Trinajstić information content (AvgIpc) is 3.52. The highest BCUT2D eigenvalue weighted by molar-refractivity contribution is 8.00. The minimum atomic E-state index is -0.987. The Bertz CT molecular complexity index is 1780. The van der Waals surface area contributed by atoms with Crippen LogP contribution in [0.4, 0.5) is 5.13 Å². The van der Waals surface area contributed by atoms with Crippen LogP contribution in [0.2, 0.25) is 0 Å². The first-order valence-electron chi connectivity index (χ1n) is 15.2. The number of anilines is 1. The number of nitrogens with two attached hydrogens (primary N) is 1. The van der Waals surface area contributed by atoms with E-state index < -0.39 is 46.9 Å². The maximum Gasteiger partial charge on any atom is 0.356 e. The number of nitrogen functional groups attached to an aromatic ring is 1. The molecule has 3 heterocycles. The summed E-state index contributed by atoms with van der Waals surface area (Å²) in [5.41, 5.74) is 7.21. The van der Waals surface area contributed by atoms with Crippen LogP contribution in [-0.4, -0.2) is 68.7 Å². The van der Waals surface area contributed by atoms with Gasteiger partial charge in [-0.25, -0.2) is 14.6 Å². The van der Waals surface area contributed by atoms with Gasteiger partial charge in [-0.05, 0) is 43.5 Å². The molecule has 3 aromatic rings. The van der Waals surface area contributed by atoms with E-state index in [1.807, 2.05) is 60.7 Å². The molecule has 1 fully saturated rings. The molecule has 2 aliphatic rings. The highest BCUT2D eigenvalue weighted by Crippen LogP contribution is 2.42. The van der Waals surface area contributed by atoms with E-state index in [1.54, 1.807) is 20.8 Å². The van der Waals surface area contributed by atoms with Crippen molar-refractivity contribution in [3.8, 4) is 0 Å². The molecule has 14 heteroatoms. The molecule has 0 saturated carbocycles. The number of thioether (sulfide) groups is 1. The topological polar surface area (TPSA) is 163 Å². The number of ether oxygens (including phenoxy) is 2. The largest absolute Gasteiger partial charge is 0.457 e. The van der Waals surface area contributed by atoms with Crippen molar-refractivity contribution in [3.05, 3.63) is 119 Å². The summed E-state index contributed by atoms with van der Waals surface area (Å²) in [4.78, 5) is 63.7. The molecule has 2 atom stereocenters. The Morgan fingerprint density at radius 3 is 2.35 bits per heavy atom. The number of hydrogen-bond donors (Lipinski definition) is 2. The van der Waals surface area contributed by atoms with Crippen molar-refractivity contribution in [2.24, 2.45) is 5.16 Å². The number of carbonyl (C=O) groups is 4. The molecule has 1 unspecified atom stereocenters. The number of carbonyl (C=O) groups excluding carboxylic acids is 4. The molecule has 0 bridgehead atoms. The molecule has 1 saturated heterocycles. The summed E-state index contributed by atoms with van der Waals surface area (Å²) in [6.45, 7) is 8.94. The third-order valence-corrected chi connectivity index (χ3v) is 9.10. The number of rotatable bonds is 12. The van der Waals surface area contributed by atoms with Crippen molar-refractivity contribution in [1.82, 2.24) is 15.2 Å². The summed E-state index contributed by atoms with van der Waals surface area (Å²) < 4.78 is 11.3. The number of thiazole rings is 1. The van der Waals surface area contributed by atoms with Crippen LogP contribution in [0.25, 0.3) is 0 Å². The number of amides is 2. The van der Waals surface area contributed by atoms with Crippen LogP contribution >= 0.6 is 23.1 Å². The summed E-state index contributed by atoms with van der Waals surface area (Å²) in [6.07, 6.45) is 3.39. The second-order valence-electron chi connectivity index (χ2n) is 11.8. The number of oxime groups is 1. The highest BCUT2D eigenvalue weighted by Gasteiger charge is 2.54. The molecular weight excluding hydrogens is 667 g/mol. The van der Waals surface area contributed by atoms with Crippen molar-refractivity contribution in [2.45, 2.75) is 43.9 Å². The Morgan fingerprint density at radius 1 is 1.12 bits per heavy atom. The summed E-state index contributed by atoms with van der Waals surface area (Å²) in [5, 5.41) is 7.78. The van der Waals surface area contributed by atoms with Crippen molar-refractivity contribution in [2.75, 3.05) is 18.1 Å². The van der Waals surface area contributed by atoms with Gasteiger partial charge in [0.1, 0.15) is 35.0 Å². The van der Waals surface area contributed by atoms with E-state index in [9.17, 15) is 19.2 Å². The Morgan fingerprint density at radius 2 is 1.78 bits per heavy atom. The highest BCUT2D eigenvalue weighted by atomic mass is 32.2. The van der Waals surface area contributed by atoms with E-state index >= 15 is 0 Å². The van der Waals surface area contributed by atoms with Gasteiger partial charge in [0.25, 0.3) is 11.8 Å². The minimum absolute atomic E-state index is 0.0763. The molecular formula is C35H35N5O7S2. The Labute approximate surface area is 291 Å². The lowest BCUT2D eigenvalue weighted by Gasteiger charge is -2.49. The van der Waals surface area contributed by atoms with Crippen LogP contribution in [0, 0.1) is 0 Å². The summed E-state index contributed by atoms with van der Waals surface area (Å²) in [5.74, 6) is -2.14.